The molecule has 0 saturated carbocycles. The van der Waals surface area contributed by atoms with E-state index in [1.165, 1.54) is 16.8 Å². The van der Waals surface area contributed by atoms with Gasteiger partial charge in [0.25, 0.3) is 10.0 Å². The molecule has 6 nitrogen and oxygen atoms in total. The van der Waals surface area contributed by atoms with Gasteiger partial charge in [0.2, 0.25) is 0 Å². The summed E-state index contributed by atoms with van der Waals surface area (Å²) in [6.07, 6.45) is 4.51. The van der Waals surface area contributed by atoms with Crippen LogP contribution in [-0.2, 0) is 22.6 Å². The number of aryl methyl sites for hydroxylation is 1. The van der Waals surface area contributed by atoms with Gasteiger partial charge in [0.05, 0.1) is 11.9 Å². The number of rotatable bonds is 3. The predicted octanol–water partition coefficient (Wildman–Crippen LogP) is 1.48. The highest BCUT2D eigenvalue weighted by molar-refractivity contribution is 7.89. The van der Waals surface area contributed by atoms with Gasteiger partial charge in [-0.3, -0.25) is 0 Å². The fourth-order valence-electron chi connectivity index (χ4n) is 2.91. The first kappa shape index (κ1) is 17.9. The van der Waals surface area contributed by atoms with E-state index in [1.54, 1.807) is 11.6 Å². The van der Waals surface area contributed by atoms with E-state index in [9.17, 15) is 8.42 Å². The van der Waals surface area contributed by atoms with E-state index in [-0.39, 0.29) is 24.0 Å². The summed E-state index contributed by atoms with van der Waals surface area (Å²) in [7, 11) is -1.85. The van der Waals surface area contributed by atoms with Gasteiger partial charge in [-0.05, 0) is 18.4 Å². The second kappa shape index (κ2) is 6.60. The molecule has 3 rings (SSSR count). The maximum Gasteiger partial charge on any atom is 0.262 e. The number of piperidine rings is 1. The molecule has 126 valence electrons. The maximum atomic E-state index is 12.7. The first-order valence-corrected chi connectivity index (χ1v) is 8.68. The SMILES string of the molecule is Cl.Cn1cnc(S(=O)(=O)N2CCCC(N)(c3ccccc3)C2)c1. The van der Waals surface area contributed by atoms with Crippen molar-refractivity contribution in [2.75, 3.05) is 13.1 Å². The monoisotopic (exact) mass is 356 g/mol. The third-order valence-corrected chi connectivity index (χ3v) is 5.85. The summed E-state index contributed by atoms with van der Waals surface area (Å²) < 4.78 is 28.5. The molecule has 8 heteroatoms. The van der Waals surface area contributed by atoms with Gasteiger partial charge in [0.15, 0.2) is 5.03 Å². The van der Waals surface area contributed by atoms with E-state index in [0.717, 1.165) is 18.4 Å². The molecule has 1 atom stereocenters. The Balaban J connectivity index is 0.00000192. The molecule has 0 bridgehead atoms. The van der Waals surface area contributed by atoms with E-state index in [0.29, 0.717) is 6.54 Å². The Morgan fingerprint density at radius 1 is 1.26 bits per heavy atom. The van der Waals surface area contributed by atoms with Crippen LogP contribution in [0.3, 0.4) is 0 Å². The molecule has 1 fully saturated rings. The lowest BCUT2D eigenvalue weighted by atomic mass is 9.84. The van der Waals surface area contributed by atoms with Crippen molar-refractivity contribution in [1.82, 2.24) is 13.9 Å². The predicted molar refractivity (Wildman–Crippen MR) is 90.8 cm³/mol. The highest BCUT2D eigenvalue weighted by atomic mass is 35.5. The van der Waals surface area contributed by atoms with Crippen LogP contribution in [0, 0.1) is 0 Å². The summed E-state index contributed by atoms with van der Waals surface area (Å²) in [6, 6.07) is 9.69. The molecule has 1 unspecified atom stereocenters. The molecule has 2 heterocycles. The molecule has 1 aliphatic rings. The number of aromatic nitrogens is 2. The fraction of sp³-hybridized carbons (Fsp3) is 0.400. The number of sulfonamides is 1. The van der Waals surface area contributed by atoms with E-state index >= 15 is 0 Å². The quantitative estimate of drug-likeness (QED) is 0.903. The Kier molecular flexibility index (Phi) is 5.15. The molecule has 2 aromatic rings. The van der Waals surface area contributed by atoms with Gasteiger partial charge in [-0.1, -0.05) is 30.3 Å². The van der Waals surface area contributed by atoms with Crippen LogP contribution < -0.4 is 5.73 Å². The molecule has 23 heavy (non-hydrogen) atoms. The average molecular weight is 357 g/mol. The number of benzene rings is 1. The van der Waals surface area contributed by atoms with E-state index in [4.69, 9.17) is 5.73 Å². The van der Waals surface area contributed by atoms with Crippen LogP contribution in [0.15, 0.2) is 47.9 Å². The molecule has 0 radical (unpaired) electrons. The molecular formula is C15H21ClN4O2S. The second-order valence-corrected chi connectivity index (χ2v) is 7.73. The topological polar surface area (TPSA) is 81.2 Å². The van der Waals surface area contributed by atoms with Gasteiger partial charge < -0.3 is 10.3 Å². The summed E-state index contributed by atoms with van der Waals surface area (Å²) in [6.45, 7) is 0.751. The van der Waals surface area contributed by atoms with Crippen LogP contribution in [0.1, 0.15) is 18.4 Å². The molecule has 1 aliphatic heterocycles. The number of hydrogen-bond donors (Lipinski definition) is 1. The Bertz CT molecular complexity index is 763. The lowest BCUT2D eigenvalue weighted by Crippen LogP contribution is -2.53. The van der Waals surface area contributed by atoms with Crippen molar-refractivity contribution in [3.8, 4) is 0 Å². The molecule has 1 saturated heterocycles. The normalized spacial score (nSPS) is 22.5. The van der Waals surface area contributed by atoms with Crippen LogP contribution in [0.5, 0.6) is 0 Å². The highest BCUT2D eigenvalue weighted by Gasteiger charge is 2.39. The van der Waals surface area contributed by atoms with Gasteiger partial charge in [-0.15, -0.1) is 12.4 Å². The van der Waals surface area contributed by atoms with Crippen molar-refractivity contribution in [3.05, 3.63) is 48.4 Å². The molecule has 2 N–H and O–H groups in total. The van der Waals surface area contributed by atoms with Crippen molar-refractivity contribution in [2.45, 2.75) is 23.4 Å². The number of halogens is 1. The van der Waals surface area contributed by atoms with Gasteiger partial charge in [-0.2, -0.15) is 4.31 Å². The van der Waals surface area contributed by atoms with Gasteiger partial charge >= 0.3 is 0 Å². The Morgan fingerprint density at radius 2 is 1.96 bits per heavy atom. The molecule has 0 spiro atoms. The van der Waals surface area contributed by atoms with Crippen LogP contribution in [0.2, 0.25) is 0 Å². The minimum absolute atomic E-state index is 0. The van der Waals surface area contributed by atoms with Crippen molar-refractivity contribution < 1.29 is 8.42 Å². The van der Waals surface area contributed by atoms with E-state index in [2.05, 4.69) is 4.98 Å². The Morgan fingerprint density at radius 3 is 2.57 bits per heavy atom. The van der Waals surface area contributed by atoms with E-state index in [1.807, 2.05) is 30.3 Å². The standard InChI is InChI=1S/C15H20N4O2S.ClH/c1-18-10-14(17-12-18)22(20,21)19-9-5-8-15(16,11-19)13-6-3-2-4-7-13;/h2-4,6-7,10,12H,5,8-9,11,16H2,1H3;1H. The summed E-state index contributed by atoms with van der Waals surface area (Å²) >= 11 is 0. The van der Waals surface area contributed by atoms with Gasteiger partial charge in [0.1, 0.15) is 0 Å². The summed E-state index contributed by atoms with van der Waals surface area (Å²) in [4.78, 5) is 3.98. The number of imidazole rings is 1. The van der Waals surface area contributed by atoms with Crippen LogP contribution in [-0.4, -0.2) is 35.4 Å². The lowest BCUT2D eigenvalue weighted by molar-refractivity contribution is 0.229. The highest BCUT2D eigenvalue weighted by Crippen LogP contribution is 2.31. The molecular weight excluding hydrogens is 336 g/mol. The molecule has 0 amide bonds. The number of hydrogen-bond acceptors (Lipinski definition) is 4. The summed E-state index contributed by atoms with van der Waals surface area (Å²) in [5.41, 5.74) is 6.84. The number of nitrogens with two attached hydrogens (primary N) is 1. The number of nitrogens with zero attached hydrogens (tertiary/aromatic N) is 3. The van der Waals surface area contributed by atoms with Crippen molar-refractivity contribution in [1.29, 1.82) is 0 Å². The summed E-state index contributed by atoms with van der Waals surface area (Å²) in [5, 5.41) is 0.0762. The Hall–Kier alpha value is -1.41. The largest absolute Gasteiger partial charge is 0.339 e. The Labute approximate surface area is 142 Å². The third-order valence-electron chi connectivity index (χ3n) is 4.12. The van der Waals surface area contributed by atoms with Crippen molar-refractivity contribution in [2.24, 2.45) is 12.8 Å². The first-order valence-electron chi connectivity index (χ1n) is 7.24. The van der Waals surface area contributed by atoms with Gasteiger partial charge in [-0.25, -0.2) is 13.4 Å². The second-order valence-electron chi connectivity index (χ2n) is 5.84. The van der Waals surface area contributed by atoms with Crippen LogP contribution >= 0.6 is 12.4 Å². The fourth-order valence-corrected chi connectivity index (χ4v) is 4.42. The average Bonchev–Trinajstić information content (AvgIpc) is 2.96. The van der Waals surface area contributed by atoms with Crippen LogP contribution in [0.4, 0.5) is 0 Å². The smallest absolute Gasteiger partial charge is 0.262 e. The van der Waals surface area contributed by atoms with Crippen molar-refractivity contribution in [3.63, 3.8) is 0 Å². The van der Waals surface area contributed by atoms with Crippen molar-refractivity contribution >= 4 is 22.4 Å². The molecule has 1 aromatic carbocycles. The molecule has 0 aliphatic carbocycles. The van der Waals surface area contributed by atoms with Gasteiger partial charge in [0, 0.05) is 26.3 Å². The summed E-state index contributed by atoms with van der Waals surface area (Å²) in [5.74, 6) is 0. The third kappa shape index (κ3) is 3.42. The zero-order valence-corrected chi connectivity index (χ0v) is 14.6. The minimum Gasteiger partial charge on any atom is -0.339 e. The maximum absolute atomic E-state index is 12.7. The molecule has 1 aromatic heterocycles. The zero-order valence-electron chi connectivity index (χ0n) is 12.9. The van der Waals surface area contributed by atoms with E-state index < -0.39 is 15.6 Å². The van der Waals surface area contributed by atoms with Crippen LogP contribution in [0.25, 0.3) is 0 Å². The minimum atomic E-state index is -3.60. The zero-order chi connectivity index (χ0) is 15.8. The first-order chi connectivity index (χ1) is 10.4. The lowest BCUT2D eigenvalue weighted by Gasteiger charge is -2.39.